The summed E-state index contributed by atoms with van der Waals surface area (Å²) in [6.45, 7) is 5.50. The zero-order valence-corrected chi connectivity index (χ0v) is 11.6. The van der Waals surface area contributed by atoms with E-state index in [9.17, 15) is 14.4 Å². The van der Waals surface area contributed by atoms with Gasteiger partial charge in [0.2, 0.25) is 5.91 Å². The first kappa shape index (κ1) is 13.4. The highest BCUT2D eigenvalue weighted by Gasteiger charge is 2.28. The fraction of sp³-hybridized carbons (Fsp3) is 0.267. The molecule has 2 heterocycles. The molecule has 0 bridgehead atoms. The minimum Gasteiger partial charge on any atom is -0.329 e. The van der Waals surface area contributed by atoms with E-state index in [1.54, 1.807) is 25.1 Å². The first-order chi connectivity index (χ1) is 9.99. The molecule has 1 aliphatic rings. The van der Waals surface area contributed by atoms with Crippen LogP contribution in [0.5, 0.6) is 0 Å². The summed E-state index contributed by atoms with van der Waals surface area (Å²) in [5.41, 5.74) is 0.868. The van der Waals surface area contributed by atoms with Gasteiger partial charge in [-0.15, -0.1) is 0 Å². The fourth-order valence-corrected chi connectivity index (χ4v) is 2.74. The molecule has 108 valence electrons. The molecule has 1 atom stereocenters. The van der Waals surface area contributed by atoms with Crippen molar-refractivity contribution in [3.05, 3.63) is 56.9 Å². The molecule has 2 N–H and O–H groups in total. The van der Waals surface area contributed by atoms with Crippen molar-refractivity contribution >= 4 is 16.8 Å². The Balaban J connectivity index is 2.26. The van der Waals surface area contributed by atoms with Crippen LogP contribution in [-0.2, 0) is 4.79 Å². The Kier molecular flexibility index (Phi) is 3.01. The van der Waals surface area contributed by atoms with Crippen LogP contribution in [0.1, 0.15) is 24.4 Å². The van der Waals surface area contributed by atoms with E-state index < -0.39 is 17.3 Å². The molecule has 21 heavy (non-hydrogen) atoms. The van der Waals surface area contributed by atoms with Crippen LogP contribution < -0.4 is 16.6 Å². The van der Waals surface area contributed by atoms with Crippen molar-refractivity contribution in [1.29, 1.82) is 0 Å². The lowest BCUT2D eigenvalue weighted by molar-refractivity contribution is -0.125. The summed E-state index contributed by atoms with van der Waals surface area (Å²) in [4.78, 5) is 39.6. The third kappa shape index (κ3) is 2.08. The molecule has 2 aromatic rings. The monoisotopic (exact) mass is 285 g/mol. The second-order valence-corrected chi connectivity index (χ2v) is 5.25. The standard InChI is InChI=1S/C15H15N3O3/c1-8-4-3-5-10-12(8)14(20)18(15(21)17-10)11-7-6-9(2)16-13(11)19/h3-5,11H,2,6-7H2,1H3,(H,16,19)(H,17,21). The van der Waals surface area contributed by atoms with Crippen LogP contribution in [0.25, 0.3) is 10.9 Å². The Morgan fingerprint density at radius 1 is 1.29 bits per heavy atom. The van der Waals surface area contributed by atoms with Crippen molar-refractivity contribution in [3.63, 3.8) is 0 Å². The molecule has 1 aromatic carbocycles. The largest absolute Gasteiger partial charge is 0.329 e. The van der Waals surface area contributed by atoms with Gasteiger partial charge in [0.05, 0.1) is 10.9 Å². The average molecular weight is 285 g/mol. The molecule has 1 aromatic heterocycles. The van der Waals surface area contributed by atoms with Crippen molar-refractivity contribution in [2.75, 3.05) is 0 Å². The molecule has 0 radical (unpaired) electrons. The third-order valence-electron chi connectivity index (χ3n) is 3.80. The van der Waals surface area contributed by atoms with Crippen molar-refractivity contribution in [2.24, 2.45) is 0 Å². The minimum atomic E-state index is -0.796. The Morgan fingerprint density at radius 2 is 2.05 bits per heavy atom. The molecule has 1 aliphatic heterocycles. The molecular weight excluding hydrogens is 270 g/mol. The van der Waals surface area contributed by atoms with E-state index in [1.165, 1.54) is 0 Å². The molecule has 6 heteroatoms. The van der Waals surface area contributed by atoms with Gasteiger partial charge in [0.15, 0.2) is 0 Å². The van der Waals surface area contributed by atoms with Crippen LogP contribution in [0.3, 0.4) is 0 Å². The van der Waals surface area contributed by atoms with Gasteiger partial charge >= 0.3 is 5.69 Å². The summed E-state index contributed by atoms with van der Waals surface area (Å²) in [5, 5.41) is 3.04. The van der Waals surface area contributed by atoms with E-state index in [0.717, 1.165) is 10.1 Å². The number of aromatic amines is 1. The van der Waals surface area contributed by atoms with Gasteiger partial charge in [-0.1, -0.05) is 18.7 Å². The number of amides is 1. The molecular formula is C15H15N3O3. The highest BCUT2D eigenvalue weighted by Crippen LogP contribution is 2.20. The molecule has 1 amide bonds. The average Bonchev–Trinajstić information content (AvgIpc) is 2.40. The SMILES string of the molecule is C=C1CCC(n2c(=O)[nH]c3cccc(C)c3c2=O)C(=O)N1. The molecule has 3 rings (SSSR count). The second kappa shape index (κ2) is 4.73. The summed E-state index contributed by atoms with van der Waals surface area (Å²) in [5.74, 6) is -0.369. The highest BCUT2D eigenvalue weighted by molar-refractivity contribution is 5.84. The van der Waals surface area contributed by atoms with E-state index >= 15 is 0 Å². The van der Waals surface area contributed by atoms with Crippen LogP contribution in [-0.4, -0.2) is 15.5 Å². The van der Waals surface area contributed by atoms with E-state index in [-0.39, 0.29) is 5.91 Å². The van der Waals surface area contributed by atoms with Gasteiger partial charge in [-0.25, -0.2) is 9.36 Å². The van der Waals surface area contributed by atoms with Gasteiger partial charge in [0.1, 0.15) is 6.04 Å². The molecule has 0 saturated carbocycles. The van der Waals surface area contributed by atoms with E-state index in [1.807, 2.05) is 0 Å². The Morgan fingerprint density at radius 3 is 2.76 bits per heavy atom. The van der Waals surface area contributed by atoms with Gasteiger partial charge < -0.3 is 10.3 Å². The fourth-order valence-electron chi connectivity index (χ4n) is 2.74. The molecule has 6 nitrogen and oxygen atoms in total. The lowest BCUT2D eigenvalue weighted by Gasteiger charge is -2.24. The summed E-state index contributed by atoms with van der Waals surface area (Å²) in [6.07, 6.45) is 0.944. The summed E-state index contributed by atoms with van der Waals surface area (Å²) in [7, 11) is 0. The molecule has 1 unspecified atom stereocenters. The van der Waals surface area contributed by atoms with Crippen molar-refractivity contribution < 1.29 is 4.79 Å². The summed E-state index contributed by atoms with van der Waals surface area (Å²) >= 11 is 0. The third-order valence-corrected chi connectivity index (χ3v) is 3.80. The highest BCUT2D eigenvalue weighted by atomic mass is 16.2. The Hall–Kier alpha value is -2.63. The predicted octanol–water partition coefficient (Wildman–Crippen LogP) is 0.963. The van der Waals surface area contributed by atoms with Gasteiger partial charge in [-0.2, -0.15) is 0 Å². The normalized spacial score (nSPS) is 18.8. The number of piperidine rings is 1. The molecule has 1 saturated heterocycles. The number of nitrogens with zero attached hydrogens (tertiary/aromatic N) is 1. The van der Waals surface area contributed by atoms with Gasteiger partial charge in [-0.05, 0) is 31.4 Å². The maximum atomic E-state index is 12.6. The number of allylic oxidation sites excluding steroid dienone is 1. The number of hydrogen-bond donors (Lipinski definition) is 2. The van der Waals surface area contributed by atoms with Crippen LogP contribution in [0.15, 0.2) is 40.1 Å². The quantitative estimate of drug-likeness (QED) is 0.818. The van der Waals surface area contributed by atoms with E-state index in [4.69, 9.17) is 0 Å². The number of hydrogen-bond acceptors (Lipinski definition) is 3. The predicted molar refractivity (Wildman–Crippen MR) is 79.1 cm³/mol. The summed E-state index contributed by atoms with van der Waals surface area (Å²) < 4.78 is 1.01. The minimum absolute atomic E-state index is 0.369. The topological polar surface area (TPSA) is 84.0 Å². The Labute approximate surface area is 120 Å². The number of aromatic nitrogens is 2. The van der Waals surface area contributed by atoms with Crippen LogP contribution in [0.4, 0.5) is 0 Å². The zero-order valence-electron chi connectivity index (χ0n) is 11.6. The van der Waals surface area contributed by atoms with Crippen molar-refractivity contribution in [3.8, 4) is 0 Å². The van der Waals surface area contributed by atoms with Crippen LogP contribution >= 0.6 is 0 Å². The van der Waals surface area contributed by atoms with E-state index in [2.05, 4.69) is 16.9 Å². The number of fused-ring (bicyclic) bond motifs is 1. The number of carbonyl (C=O) groups is 1. The van der Waals surface area contributed by atoms with Crippen molar-refractivity contribution in [1.82, 2.24) is 14.9 Å². The lowest BCUT2D eigenvalue weighted by Crippen LogP contribution is -2.46. The van der Waals surface area contributed by atoms with Crippen LogP contribution in [0, 0.1) is 6.92 Å². The maximum Gasteiger partial charge on any atom is 0.329 e. The first-order valence-corrected chi connectivity index (χ1v) is 6.72. The number of aryl methyl sites for hydroxylation is 1. The number of benzene rings is 1. The Bertz CT molecular complexity index is 876. The number of H-pyrrole nitrogens is 1. The second-order valence-electron chi connectivity index (χ2n) is 5.25. The van der Waals surface area contributed by atoms with Crippen molar-refractivity contribution in [2.45, 2.75) is 25.8 Å². The van der Waals surface area contributed by atoms with Gasteiger partial charge in [0, 0.05) is 5.70 Å². The molecule has 0 aliphatic carbocycles. The maximum absolute atomic E-state index is 12.6. The molecule has 0 spiro atoms. The number of nitrogens with one attached hydrogen (secondary N) is 2. The number of rotatable bonds is 1. The van der Waals surface area contributed by atoms with Gasteiger partial charge in [-0.3, -0.25) is 9.59 Å². The van der Waals surface area contributed by atoms with Gasteiger partial charge in [0.25, 0.3) is 5.56 Å². The molecule has 1 fully saturated rings. The van der Waals surface area contributed by atoms with Crippen LogP contribution in [0.2, 0.25) is 0 Å². The zero-order chi connectivity index (χ0) is 15.1. The summed E-state index contributed by atoms with van der Waals surface area (Å²) in [6, 6.07) is 4.46. The van der Waals surface area contributed by atoms with E-state index in [0.29, 0.717) is 29.4 Å². The number of carbonyl (C=O) groups excluding carboxylic acids is 1. The lowest BCUT2D eigenvalue weighted by atomic mass is 10.0. The smallest absolute Gasteiger partial charge is 0.329 e. The first-order valence-electron chi connectivity index (χ1n) is 6.72.